The summed E-state index contributed by atoms with van der Waals surface area (Å²) in [6.07, 6.45) is -0.292. The molecule has 0 amide bonds. The number of furan rings is 1. The monoisotopic (exact) mass is 366 g/mol. The second-order valence-corrected chi connectivity index (χ2v) is 5.29. The van der Waals surface area contributed by atoms with E-state index in [1.54, 1.807) is 24.3 Å². The van der Waals surface area contributed by atoms with E-state index in [9.17, 15) is 14.4 Å². The van der Waals surface area contributed by atoms with Crippen molar-refractivity contribution >= 4 is 29.5 Å². The Morgan fingerprint density at radius 1 is 0.960 bits per heavy atom. The van der Waals surface area contributed by atoms with Gasteiger partial charge in [-0.3, -0.25) is 4.79 Å². The molecule has 0 aliphatic carbocycles. The minimum Gasteiger partial charge on any atom is -0.469 e. The van der Waals surface area contributed by atoms with Gasteiger partial charge in [-0.15, -0.1) is 0 Å². The molecule has 0 unspecified atom stereocenters. The normalized spacial score (nSPS) is 10.2. The Hall–Kier alpha value is -2.80. The first kappa shape index (κ1) is 18.5. The molecule has 0 radical (unpaired) electrons. The average Bonchev–Trinajstić information content (AvgIpc) is 2.99. The molecule has 2 rings (SSSR count). The molecule has 8 heteroatoms. The Kier molecular flexibility index (Phi) is 5.82. The van der Waals surface area contributed by atoms with Crippen molar-refractivity contribution < 1.29 is 33.0 Å². The van der Waals surface area contributed by atoms with Crippen LogP contribution in [0.3, 0.4) is 0 Å². The first-order valence-corrected chi connectivity index (χ1v) is 7.45. The second-order valence-electron chi connectivity index (χ2n) is 4.86. The van der Waals surface area contributed by atoms with Crippen molar-refractivity contribution in [1.82, 2.24) is 0 Å². The van der Waals surface area contributed by atoms with Crippen LogP contribution in [0, 0.1) is 0 Å². The molecule has 1 aromatic heterocycles. The molecule has 7 nitrogen and oxygen atoms in total. The maximum absolute atomic E-state index is 12.2. The maximum Gasteiger partial charge on any atom is 0.374 e. The van der Waals surface area contributed by atoms with Crippen LogP contribution < -0.4 is 0 Å². The third-order valence-corrected chi connectivity index (χ3v) is 3.67. The topological polar surface area (TPSA) is 92.0 Å². The van der Waals surface area contributed by atoms with Gasteiger partial charge in [0.25, 0.3) is 0 Å². The lowest BCUT2D eigenvalue weighted by Gasteiger charge is -2.05. The maximum atomic E-state index is 12.2. The van der Waals surface area contributed by atoms with E-state index in [4.69, 9.17) is 20.8 Å². The Bertz CT molecular complexity index is 805. The zero-order chi connectivity index (χ0) is 18.6. The van der Waals surface area contributed by atoms with E-state index < -0.39 is 17.9 Å². The Morgan fingerprint density at radius 3 is 2.08 bits per heavy atom. The summed E-state index contributed by atoms with van der Waals surface area (Å²) in [4.78, 5) is 36.0. The molecule has 1 aromatic carbocycles. The minimum atomic E-state index is -0.869. The van der Waals surface area contributed by atoms with Crippen LogP contribution in [0.15, 0.2) is 28.7 Å². The van der Waals surface area contributed by atoms with E-state index in [0.29, 0.717) is 10.6 Å². The standard InChI is InChI=1S/C17H15ClO7/c1-22-12(19)8-11-13(16(20)23-2)15(17(21)24-3)25-14(11)9-4-6-10(18)7-5-9/h4-7H,8H2,1-3H3. The van der Waals surface area contributed by atoms with E-state index in [2.05, 4.69) is 9.47 Å². The van der Waals surface area contributed by atoms with Gasteiger partial charge in [0.15, 0.2) is 0 Å². The van der Waals surface area contributed by atoms with Crippen molar-refractivity contribution in [3.8, 4) is 11.3 Å². The molecule has 0 bridgehead atoms. The number of halogens is 1. The van der Waals surface area contributed by atoms with E-state index in [-0.39, 0.29) is 29.1 Å². The first-order valence-electron chi connectivity index (χ1n) is 7.08. The zero-order valence-corrected chi connectivity index (χ0v) is 14.5. The number of carbonyl (C=O) groups excluding carboxylic acids is 3. The number of ether oxygens (including phenoxy) is 3. The number of hydrogen-bond acceptors (Lipinski definition) is 7. The molecule has 132 valence electrons. The molecular weight excluding hydrogens is 352 g/mol. The number of rotatable bonds is 5. The molecule has 0 fully saturated rings. The van der Waals surface area contributed by atoms with E-state index in [1.165, 1.54) is 7.11 Å². The number of hydrogen-bond donors (Lipinski definition) is 0. The van der Waals surface area contributed by atoms with Gasteiger partial charge in [-0.05, 0) is 24.3 Å². The summed E-state index contributed by atoms with van der Waals surface area (Å²) in [7, 11) is 3.51. The SMILES string of the molecule is COC(=O)Cc1c(-c2ccc(Cl)cc2)oc(C(=O)OC)c1C(=O)OC. The largest absolute Gasteiger partial charge is 0.469 e. The third kappa shape index (κ3) is 3.83. The van der Waals surface area contributed by atoms with E-state index in [1.807, 2.05) is 0 Å². The smallest absolute Gasteiger partial charge is 0.374 e. The first-order chi connectivity index (χ1) is 11.9. The molecule has 1 heterocycles. The molecule has 0 aliphatic heterocycles. The molecule has 0 spiro atoms. The van der Waals surface area contributed by atoms with Crippen LogP contribution in [-0.2, 0) is 25.4 Å². The predicted octanol–water partition coefficient (Wildman–Crippen LogP) is 2.89. The fourth-order valence-electron chi connectivity index (χ4n) is 2.24. The molecule has 0 aliphatic rings. The number of benzene rings is 1. The molecule has 0 N–H and O–H groups in total. The van der Waals surface area contributed by atoms with E-state index in [0.717, 1.165) is 14.2 Å². The Labute approximate surface area is 148 Å². The van der Waals surface area contributed by atoms with Crippen LogP contribution in [-0.4, -0.2) is 39.2 Å². The predicted molar refractivity (Wildman–Crippen MR) is 87.6 cm³/mol. The molecule has 0 saturated carbocycles. The fourth-order valence-corrected chi connectivity index (χ4v) is 2.37. The van der Waals surface area contributed by atoms with Crippen LogP contribution in [0.5, 0.6) is 0 Å². The summed E-state index contributed by atoms with van der Waals surface area (Å²) in [6, 6.07) is 6.47. The second kappa shape index (κ2) is 7.85. The van der Waals surface area contributed by atoms with Gasteiger partial charge < -0.3 is 18.6 Å². The molecule has 0 saturated heterocycles. The number of carbonyl (C=O) groups is 3. The lowest BCUT2D eigenvalue weighted by Crippen LogP contribution is -2.14. The van der Waals surface area contributed by atoms with Crippen molar-refractivity contribution in [2.24, 2.45) is 0 Å². The third-order valence-electron chi connectivity index (χ3n) is 3.42. The summed E-state index contributed by atoms with van der Waals surface area (Å²) in [5, 5.41) is 0.492. The highest BCUT2D eigenvalue weighted by atomic mass is 35.5. The van der Waals surface area contributed by atoms with Gasteiger partial charge >= 0.3 is 17.9 Å². The highest BCUT2D eigenvalue weighted by molar-refractivity contribution is 6.30. The van der Waals surface area contributed by atoms with Crippen LogP contribution in [0.1, 0.15) is 26.5 Å². The van der Waals surface area contributed by atoms with Crippen LogP contribution >= 0.6 is 11.6 Å². The lowest BCUT2D eigenvalue weighted by atomic mass is 10.0. The van der Waals surface area contributed by atoms with Crippen molar-refractivity contribution in [3.05, 3.63) is 46.2 Å². The quantitative estimate of drug-likeness (QED) is 0.593. The summed E-state index contributed by atoms with van der Waals surface area (Å²) >= 11 is 5.88. The summed E-state index contributed by atoms with van der Waals surface area (Å²) in [5.41, 5.74) is 0.509. The molecule has 0 atom stereocenters. The average molecular weight is 367 g/mol. The number of methoxy groups -OCH3 is 3. The Balaban J connectivity index is 2.73. The Morgan fingerprint density at radius 2 is 1.56 bits per heavy atom. The summed E-state index contributed by atoms with van der Waals surface area (Å²) in [5.74, 6) is -2.51. The van der Waals surface area contributed by atoms with Crippen molar-refractivity contribution in [2.75, 3.05) is 21.3 Å². The van der Waals surface area contributed by atoms with Gasteiger partial charge in [0, 0.05) is 16.1 Å². The molecular formula is C17H15ClO7. The lowest BCUT2D eigenvalue weighted by molar-refractivity contribution is -0.139. The summed E-state index contributed by atoms with van der Waals surface area (Å²) in [6.45, 7) is 0. The van der Waals surface area contributed by atoms with Gasteiger partial charge in [0.2, 0.25) is 5.76 Å². The van der Waals surface area contributed by atoms with Gasteiger partial charge in [-0.2, -0.15) is 0 Å². The molecule has 25 heavy (non-hydrogen) atoms. The number of esters is 3. The molecule has 2 aromatic rings. The summed E-state index contributed by atoms with van der Waals surface area (Å²) < 4.78 is 19.6. The van der Waals surface area contributed by atoms with Crippen molar-refractivity contribution in [1.29, 1.82) is 0 Å². The zero-order valence-electron chi connectivity index (χ0n) is 13.8. The fraction of sp³-hybridized carbons (Fsp3) is 0.235. The van der Waals surface area contributed by atoms with Gasteiger partial charge in [0.05, 0.1) is 27.8 Å². The highest BCUT2D eigenvalue weighted by Gasteiger charge is 2.32. The highest BCUT2D eigenvalue weighted by Crippen LogP contribution is 2.34. The van der Waals surface area contributed by atoms with Crippen molar-refractivity contribution in [2.45, 2.75) is 6.42 Å². The van der Waals surface area contributed by atoms with Gasteiger partial charge in [0.1, 0.15) is 11.3 Å². The van der Waals surface area contributed by atoms with Crippen LogP contribution in [0.4, 0.5) is 0 Å². The van der Waals surface area contributed by atoms with Gasteiger partial charge in [-0.25, -0.2) is 9.59 Å². The van der Waals surface area contributed by atoms with Crippen molar-refractivity contribution in [3.63, 3.8) is 0 Å². The van der Waals surface area contributed by atoms with Gasteiger partial charge in [-0.1, -0.05) is 11.6 Å². The van der Waals surface area contributed by atoms with E-state index >= 15 is 0 Å². The minimum absolute atomic E-state index is 0.155. The van der Waals surface area contributed by atoms with Crippen LogP contribution in [0.2, 0.25) is 5.02 Å². The van der Waals surface area contributed by atoms with Crippen LogP contribution in [0.25, 0.3) is 11.3 Å².